The maximum Gasteiger partial charge on any atom is 0.177 e. The predicted molar refractivity (Wildman–Crippen MR) is 60.7 cm³/mol. The normalized spacial score (nSPS) is 12.1. The van der Waals surface area contributed by atoms with Crippen molar-refractivity contribution in [3.8, 4) is 0 Å². The molecule has 5 heteroatoms. The largest absolute Gasteiger partial charge is 0.321 e. The minimum Gasteiger partial charge on any atom is -0.321 e. The van der Waals surface area contributed by atoms with Crippen LogP contribution in [0.5, 0.6) is 0 Å². The highest BCUT2D eigenvalue weighted by Crippen LogP contribution is 2.06. The molecule has 1 aromatic rings. The molecule has 0 aliphatic heterocycles. The summed E-state index contributed by atoms with van der Waals surface area (Å²) in [6.07, 6.45) is 1.19. The Balaban J connectivity index is 2.67. The van der Waals surface area contributed by atoms with Crippen LogP contribution in [0, 0.1) is 0 Å². The molecule has 86 valence electrons. The second-order valence-corrected chi connectivity index (χ2v) is 3.51. The van der Waals surface area contributed by atoms with Gasteiger partial charge in [0.15, 0.2) is 5.78 Å². The number of carbonyl (C=O) groups excluding carboxylic acids is 2. The number of hydrogen-bond acceptors (Lipinski definition) is 5. The van der Waals surface area contributed by atoms with E-state index in [2.05, 4.69) is 5.43 Å². The molecule has 0 saturated carbocycles. The monoisotopic (exact) mass is 221 g/mol. The van der Waals surface area contributed by atoms with Crippen molar-refractivity contribution in [2.45, 2.75) is 12.5 Å². The Morgan fingerprint density at radius 1 is 1.38 bits per heavy atom. The summed E-state index contributed by atoms with van der Waals surface area (Å²) in [4.78, 5) is 21.8. The van der Waals surface area contributed by atoms with Crippen molar-refractivity contribution in [3.63, 3.8) is 0 Å². The molecule has 0 aliphatic rings. The Hall–Kier alpha value is -1.56. The van der Waals surface area contributed by atoms with E-state index in [4.69, 9.17) is 11.6 Å². The van der Waals surface area contributed by atoms with Crippen LogP contribution >= 0.6 is 0 Å². The Kier molecular flexibility index (Phi) is 4.78. The van der Waals surface area contributed by atoms with Gasteiger partial charge in [0.25, 0.3) is 0 Å². The van der Waals surface area contributed by atoms with Crippen LogP contribution in [0.2, 0.25) is 0 Å². The van der Waals surface area contributed by atoms with Crippen molar-refractivity contribution in [2.75, 3.05) is 6.54 Å². The molecule has 0 spiro atoms. The van der Waals surface area contributed by atoms with Gasteiger partial charge < -0.3 is 10.5 Å². The van der Waals surface area contributed by atoms with Crippen molar-refractivity contribution < 1.29 is 9.59 Å². The van der Waals surface area contributed by atoms with E-state index < -0.39 is 6.04 Å². The number of carbonyl (C=O) groups is 2. The Bertz CT molecular complexity index is 362. The van der Waals surface area contributed by atoms with Gasteiger partial charge in [-0.05, 0) is 12.0 Å². The van der Waals surface area contributed by atoms with Gasteiger partial charge in [-0.1, -0.05) is 24.3 Å². The van der Waals surface area contributed by atoms with Crippen LogP contribution in [0.4, 0.5) is 0 Å². The Morgan fingerprint density at radius 2 is 2.00 bits per heavy atom. The minimum atomic E-state index is -0.493. The van der Waals surface area contributed by atoms with Crippen LogP contribution < -0.4 is 17.0 Å². The molecule has 0 saturated heterocycles. The molecule has 0 amide bonds. The van der Waals surface area contributed by atoms with Gasteiger partial charge in [-0.3, -0.25) is 16.1 Å². The molecule has 0 fully saturated rings. The fraction of sp³-hybridized carbons (Fsp3) is 0.273. The van der Waals surface area contributed by atoms with Crippen LogP contribution in [0.3, 0.4) is 0 Å². The molecule has 1 rings (SSSR count). The topological polar surface area (TPSA) is 98.2 Å². The zero-order valence-electron chi connectivity index (χ0n) is 8.85. The summed E-state index contributed by atoms with van der Waals surface area (Å²) in [5.41, 5.74) is 9.31. The maximum absolute atomic E-state index is 11.4. The summed E-state index contributed by atoms with van der Waals surface area (Å²) in [6, 6.07) is 6.48. The number of nitrogens with one attached hydrogen (secondary N) is 1. The lowest BCUT2D eigenvalue weighted by molar-refractivity contribution is -0.108. The molecular formula is C11H15N3O2. The molecule has 5 N–H and O–H groups in total. The number of benzene rings is 1. The maximum atomic E-state index is 11.4. The van der Waals surface area contributed by atoms with Crippen molar-refractivity contribution in [2.24, 2.45) is 11.6 Å². The molecular weight excluding hydrogens is 206 g/mol. The van der Waals surface area contributed by atoms with E-state index in [0.717, 1.165) is 5.56 Å². The lowest BCUT2D eigenvalue weighted by atomic mass is 10.0. The first-order valence-electron chi connectivity index (χ1n) is 4.94. The van der Waals surface area contributed by atoms with E-state index in [1.807, 2.05) is 0 Å². The molecule has 1 aromatic carbocycles. The Morgan fingerprint density at radius 3 is 2.50 bits per heavy atom. The third kappa shape index (κ3) is 3.54. The number of hydrazine groups is 1. The fourth-order valence-electron chi connectivity index (χ4n) is 1.34. The first-order valence-corrected chi connectivity index (χ1v) is 4.94. The highest BCUT2D eigenvalue weighted by atomic mass is 16.1. The van der Waals surface area contributed by atoms with Gasteiger partial charge in [0, 0.05) is 5.56 Å². The predicted octanol–water partition coefficient (Wildman–Crippen LogP) is -0.599. The van der Waals surface area contributed by atoms with Gasteiger partial charge in [-0.25, -0.2) is 0 Å². The number of nitrogens with two attached hydrogens (primary N) is 2. The molecule has 0 bridgehead atoms. The van der Waals surface area contributed by atoms with Crippen LogP contribution in [-0.2, 0) is 11.2 Å². The van der Waals surface area contributed by atoms with Gasteiger partial charge in [-0.2, -0.15) is 0 Å². The second-order valence-electron chi connectivity index (χ2n) is 3.51. The average Bonchev–Trinajstić information content (AvgIpc) is 2.30. The molecule has 0 radical (unpaired) electrons. The summed E-state index contributed by atoms with van der Waals surface area (Å²) in [7, 11) is 0. The van der Waals surface area contributed by atoms with Crippen molar-refractivity contribution in [3.05, 3.63) is 35.4 Å². The molecule has 1 atom stereocenters. The third-order valence-corrected chi connectivity index (χ3v) is 2.18. The van der Waals surface area contributed by atoms with Crippen molar-refractivity contribution >= 4 is 12.1 Å². The summed E-state index contributed by atoms with van der Waals surface area (Å²) in [5.74, 6) is 4.98. The quantitative estimate of drug-likeness (QED) is 0.258. The van der Waals surface area contributed by atoms with E-state index in [0.29, 0.717) is 18.3 Å². The van der Waals surface area contributed by atoms with Crippen molar-refractivity contribution in [1.82, 2.24) is 5.43 Å². The lowest BCUT2D eigenvalue weighted by Crippen LogP contribution is -2.29. The van der Waals surface area contributed by atoms with Crippen LogP contribution in [0.25, 0.3) is 0 Å². The molecule has 5 nitrogen and oxygen atoms in total. The summed E-state index contributed by atoms with van der Waals surface area (Å²) in [6.45, 7) is 0.104. The van der Waals surface area contributed by atoms with Crippen LogP contribution in [0.1, 0.15) is 15.9 Å². The molecule has 1 unspecified atom stereocenters. The number of aldehydes is 1. The number of rotatable bonds is 6. The Labute approximate surface area is 93.8 Å². The van der Waals surface area contributed by atoms with Crippen molar-refractivity contribution in [1.29, 1.82) is 0 Å². The van der Waals surface area contributed by atoms with Gasteiger partial charge in [0.1, 0.15) is 6.29 Å². The van der Waals surface area contributed by atoms with E-state index in [9.17, 15) is 9.59 Å². The summed E-state index contributed by atoms with van der Waals surface area (Å²) in [5, 5.41) is 0. The van der Waals surface area contributed by atoms with Crippen LogP contribution in [0.15, 0.2) is 24.3 Å². The second kappa shape index (κ2) is 6.12. The zero-order chi connectivity index (χ0) is 12.0. The molecule has 0 aliphatic carbocycles. The third-order valence-electron chi connectivity index (χ3n) is 2.18. The van der Waals surface area contributed by atoms with E-state index in [-0.39, 0.29) is 12.3 Å². The highest BCUT2D eigenvalue weighted by Gasteiger charge is 2.06. The lowest BCUT2D eigenvalue weighted by Gasteiger charge is -2.05. The highest BCUT2D eigenvalue weighted by molar-refractivity contribution is 5.97. The SMILES string of the molecule is NNCC(=O)c1ccc(CC(N)C=O)cc1. The minimum absolute atomic E-state index is 0.0752. The first-order chi connectivity index (χ1) is 7.67. The standard InChI is InChI=1S/C11H15N3O2/c12-10(7-15)5-8-1-3-9(4-2-8)11(16)6-14-13/h1-4,7,10,14H,5-6,12-13H2. The van der Waals surface area contributed by atoms with Crippen LogP contribution in [-0.4, -0.2) is 24.7 Å². The smallest absolute Gasteiger partial charge is 0.177 e. The van der Waals surface area contributed by atoms with Gasteiger partial charge in [0.2, 0.25) is 0 Å². The number of Topliss-reactive ketones (excluding diaryl/α,β-unsaturated/α-hetero) is 1. The number of hydrogen-bond donors (Lipinski definition) is 3. The zero-order valence-corrected chi connectivity index (χ0v) is 8.85. The summed E-state index contributed by atoms with van der Waals surface area (Å²) >= 11 is 0. The molecule has 0 heterocycles. The van der Waals surface area contributed by atoms with Gasteiger partial charge in [0.05, 0.1) is 12.6 Å². The average molecular weight is 221 g/mol. The molecule has 16 heavy (non-hydrogen) atoms. The van der Waals surface area contributed by atoms with E-state index >= 15 is 0 Å². The number of ketones is 1. The first kappa shape index (κ1) is 12.5. The van der Waals surface area contributed by atoms with Gasteiger partial charge in [-0.15, -0.1) is 0 Å². The fourth-order valence-corrected chi connectivity index (χ4v) is 1.34. The van der Waals surface area contributed by atoms with Gasteiger partial charge >= 0.3 is 0 Å². The molecule has 0 aromatic heterocycles. The van der Waals surface area contributed by atoms with E-state index in [1.165, 1.54) is 0 Å². The summed E-state index contributed by atoms with van der Waals surface area (Å²) < 4.78 is 0. The van der Waals surface area contributed by atoms with E-state index in [1.54, 1.807) is 24.3 Å².